The number of hydrogen-bond donors (Lipinski definition) is 2. The minimum absolute atomic E-state index is 0.155. The van der Waals surface area contributed by atoms with Crippen LogP contribution in [-0.4, -0.2) is 73.4 Å². The number of nitrogens with one attached hydrogen (secondary N) is 1. The number of sulfone groups is 1. The summed E-state index contributed by atoms with van der Waals surface area (Å²) in [4.78, 5) is 28.2. The standard InChI is InChI=1S/C38H54N2O5S.C4H10.C2H6/c1-35(2)30(25-7-9-26(10-8-25)34(42)43)24-33(41)37(4)31(35)14-16-36(3)28-13-17-38(15-5-6-29(38)27(28)11-12-32(36)37)39-18-19-40-20-22-46(44,45)23-21-40;1-4(2)3;1-2/h7-10,24,27-29,31-32,39H,5-6,11-23H2,1-4H3,(H,42,43);4H,1-3H3;1-2H3/t27-,28?,29+,31?,32?,36-,37-,38-;;/m0../s1. The van der Waals surface area contributed by atoms with E-state index in [0.29, 0.717) is 48.3 Å². The number of aromatic carboxylic acids is 1. The van der Waals surface area contributed by atoms with E-state index in [9.17, 15) is 23.1 Å². The molecule has 0 aromatic heterocycles. The van der Waals surface area contributed by atoms with Crippen LogP contribution < -0.4 is 5.32 Å². The number of carbonyl (C=O) groups is 2. The molecule has 1 aromatic carbocycles. The predicted molar refractivity (Wildman–Crippen MR) is 213 cm³/mol. The molecule has 1 saturated heterocycles. The van der Waals surface area contributed by atoms with Crippen LogP contribution in [0.15, 0.2) is 30.3 Å². The molecule has 3 unspecified atom stereocenters. The van der Waals surface area contributed by atoms with E-state index in [1.165, 1.54) is 44.9 Å². The van der Waals surface area contributed by atoms with Crippen LogP contribution in [0.5, 0.6) is 0 Å². The van der Waals surface area contributed by atoms with Gasteiger partial charge in [0.25, 0.3) is 0 Å². The van der Waals surface area contributed by atoms with Crippen LogP contribution in [0, 0.1) is 51.8 Å². The maximum atomic E-state index is 14.5. The molecule has 6 aliphatic rings. The van der Waals surface area contributed by atoms with Crippen molar-refractivity contribution < 1.29 is 23.1 Å². The van der Waals surface area contributed by atoms with E-state index in [-0.39, 0.29) is 33.6 Å². The maximum Gasteiger partial charge on any atom is 0.335 e. The molecule has 8 atom stereocenters. The molecule has 7 rings (SSSR count). The largest absolute Gasteiger partial charge is 0.478 e. The van der Waals surface area contributed by atoms with Gasteiger partial charge in [0.2, 0.25) is 0 Å². The molecule has 8 heteroatoms. The highest BCUT2D eigenvalue weighted by Gasteiger charge is 2.67. The highest BCUT2D eigenvalue weighted by molar-refractivity contribution is 7.91. The van der Waals surface area contributed by atoms with E-state index in [1.807, 2.05) is 32.1 Å². The van der Waals surface area contributed by atoms with Crippen LogP contribution >= 0.6 is 0 Å². The van der Waals surface area contributed by atoms with E-state index >= 15 is 0 Å². The first-order valence-electron chi connectivity index (χ1n) is 20.7. The smallest absolute Gasteiger partial charge is 0.335 e. The van der Waals surface area contributed by atoms with Crippen LogP contribution in [0.1, 0.15) is 136 Å². The van der Waals surface area contributed by atoms with Gasteiger partial charge in [-0.15, -0.1) is 0 Å². The zero-order valence-electron chi connectivity index (χ0n) is 33.9. The lowest BCUT2D eigenvalue weighted by atomic mass is 9.36. The Labute approximate surface area is 316 Å². The summed E-state index contributed by atoms with van der Waals surface area (Å²) in [6.07, 6.45) is 12.8. The molecule has 0 spiro atoms. The number of ketones is 1. The summed E-state index contributed by atoms with van der Waals surface area (Å²) in [7, 11) is -2.85. The highest BCUT2D eigenvalue weighted by atomic mass is 32.2. The van der Waals surface area contributed by atoms with Crippen LogP contribution in [-0.2, 0) is 14.6 Å². The summed E-state index contributed by atoms with van der Waals surface area (Å²) < 4.78 is 23.8. The fraction of sp³-hybridized carbons (Fsp3) is 0.773. The zero-order chi connectivity index (χ0) is 38.3. The highest BCUT2D eigenvalue weighted by Crippen LogP contribution is 2.71. The predicted octanol–water partition coefficient (Wildman–Crippen LogP) is 8.78. The van der Waals surface area contributed by atoms with Gasteiger partial charge in [0, 0.05) is 37.1 Å². The molecule has 52 heavy (non-hydrogen) atoms. The van der Waals surface area contributed by atoms with Crippen molar-refractivity contribution in [2.24, 2.45) is 51.8 Å². The second kappa shape index (κ2) is 15.6. The molecule has 5 fully saturated rings. The van der Waals surface area contributed by atoms with Gasteiger partial charge in [-0.3, -0.25) is 4.79 Å². The van der Waals surface area contributed by atoms with E-state index < -0.39 is 21.2 Å². The second-order valence-electron chi connectivity index (χ2n) is 18.7. The maximum absolute atomic E-state index is 14.5. The zero-order valence-corrected chi connectivity index (χ0v) is 34.7. The first-order valence-corrected chi connectivity index (χ1v) is 22.5. The Morgan fingerprint density at radius 2 is 1.52 bits per heavy atom. The summed E-state index contributed by atoms with van der Waals surface area (Å²) in [6, 6.07) is 7.08. The van der Waals surface area contributed by atoms with Gasteiger partial charge >= 0.3 is 5.97 Å². The topological polar surface area (TPSA) is 104 Å². The van der Waals surface area contributed by atoms with Gasteiger partial charge in [-0.1, -0.05) is 80.9 Å². The summed E-state index contributed by atoms with van der Waals surface area (Å²) in [5.41, 5.74) is 2.07. The Hall–Kier alpha value is -2.03. The number of benzene rings is 1. The number of carboxylic acid groups (broad SMARTS) is 1. The average Bonchev–Trinajstić information content (AvgIpc) is 3.52. The normalized spacial score (nSPS) is 37.5. The number of carboxylic acids is 1. The number of rotatable bonds is 6. The van der Waals surface area contributed by atoms with E-state index in [0.717, 1.165) is 43.0 Å². The minimum Gasteiger partial charge on any atom is -0.478 e. The van der Waals surface area contributed by atoms with Crippen molar-refractivity contribution in [2.45, 2.75) is 126 Å². The first-order chi connectivity index (χ1) is 24.4. The Balaban J connectivity index is 0.000000817. The summed E-state index contributed by atoms with van der Waals surface area (Å²) in [6.45, 7) is 23.2. The van der Waals surface area contributed by atoms with Crippen LogP contribution in [0.3, 0.4) is 0 Å². The molecule has 7 nitrogen and oxygen atoms in total. The van der Waals surface area contributed by atoms with Gasteiger partial charge < -0.3 is 15.3 Å². The van der Waals surface area contributed by atoms with Gasteiger partial charge in [0.15, 0.2) is 15.6 Å². The molecule has 4 saturated carbocycles. The quantitative estimate of drug-likeness (QED) is 0.301. The summed E-state index contributed by atoms with van der Waals surface area (Å²) in [5, 5.41) is 13.5. The third-order valence-corrected chi connectivity index (χ3v) is 16.4. The SMILES string of the molecule is CC.CC(C)C.CC1(C)C(c2ccc(C(=O)O)cc2)=CC(=O)[C@@]2(C)C1CC[C@@]1(C)C3CC[C@@]4(NCCN5CCS(=O)(=O)CC5)CCC[C@@H]4[C@H]3CCC12. The lowest BCUT2D eigenvalue weighted by Gasteiger charge is -2.67. The van der Waals surface area contributed by atoms with Crippen molar-refractivity contribution in [3.63, 3.8) is 0 Å². The number of nitrogens with zero attached hydrogens (tertiary/aromatic N) is 1. The van der Waals surface area contributed by atoms with Crippen molar-refractivity contribution in [1.29, 1.82) is 0 Å². The molecule has 292 valence electrons. The lowest BCUT2D eigenvalue weighted by Crippen LogP contribution is -2.65. The van der Waals surface area contributed by atoms with Crippen molar-refractivity contribution in [1.82, 2.24) is 10.2 Å². The van der Waals surface area contributed by atoms with Gasteiger partial charge in [-0.05, 0) is 127 Å². The fourth-order valence-electron chi connectivity index (χ4n) is 12.6. The van der Waals surface area contributed by atoms with E-state index in [2.05, 4.69) is 58.7 Å². The molecule has 0 bridgehead atoms. The van der Waals surface area contributed by atoms with Crippen LogP contribution in [0.25, 0.3) is 5.57 Å². The molecular formula is C44H70N2O5S. The van der Waals surface area contributed by atoms with Gasteiger partial charge in [0.1, 0.15) is 0 Å². The molecule has 1 aliphatic heterocycles. The first kappa shape index (κ1) is 41.1. The Morgan fingerprint density at radius 3 is 2.13 bits per heavy atom. The van der Waals surface area contributed by atoms with Gasteiger partial charge in [-0.2, -0.15) is 0 Å². The molecule has 0 radical (unpaired) electrons. The van der Waals surface area contributed by atoms with Crippen molar-refractivity contribution >= 4 is 27.2 Å². The second-order valence-corrected chi connectivity index (χ2v) is 21.0. The van der Waals surface area contributed by atoms with Crippen molar-refractivity contribution in [2.75, 3.05) is 37.7 Å². The Bertz CT molecular complexity index is 1570. The number of fused-ring (bicyclic) bond motifs is 7. The van der Waals surface area contributed by atoms with Gasteiger partial charge in [-0.25, -0.2) is 13.2 Å². The third-order valence-electron chi connectivity index (χ3n) is 14.8. The molecular weight excluding hydrogens is 669 g/mol. The fourth-order valence-corrected chi connectivity index (χ4v) is 13.8. The molecule has 2 N–H and O–H groups in total. The van der Waals surface area contributed by atoms with Gasteiger partial charge in [0.05, 0.1) is 17.1 Å². The Morgan fingerprint density at radius 1 is 0.885 bits per heavy atom. The third kappa shape index (κ3) is 7.48. The van der Waals surface area contributed by atoms with Crippen molar-refractivity contribution in [3.05, 3.63) is 41.5 Å². The monoisotopic (exact) mass is 739 g/mol. The van der Waals surface area contributed by atoms with Crippen LogP contribution in [0.2, 0.25) is 0 Å². The molecule has 1 heterocycles. The molecule has 0 amide bonds. The number of hydrogen-bond acceptors (Lipinski definition) is 6. The lowest BCUT2D eigenvalue weighted by molar-refractivity contribution is -0.180. The van der Waals surface area contributed by atoms with E-state index in [1.54, 1.807) is 12.1 Å². The average molecular weight is 739 g/mol. The number of carbonyl (C=O) groups excluding carboxylic acids is 1. The van der Waals surface area contributed by atoms with Crippen molar-refractivity contribution in [3.8, 4) is 0 Å². The Kier molecular flexibility index (Phi) is 12.3. The number of allylic oxidation sites excluding steroid dienone is 2. The minimum atomic E-state index is -2.85. The summed E-state index contributed by atoms with van der Waals surface area (Å²) in [5.74, 6) is 3.44. The molecule has 5 aliphatic carbocycles. The van der Waals surface area contributed by atoms with E-state index in [4.69, 9.17) is 0 Å². The molecule has 1 aromatic rings. The summed E-state index contributed by atoms with van der Waals surface area (Å²) >= 11 is 0. The van der Waals surface area contributed by atoms with Crippen LogP contribution in [0.4, 0.5) is 0 Å².